The van der Waals surface area contributed by atoms with Crippen LogP contribution in [0.5, 0.6) is 0 Å². The lowest BCUT2D eigenvalue weighted by Crippen LogP contribution is -2.18. The van der Waals surface area contributed by atoms with Gasteiger partial charge in [0.2, 0.25) is 5.91 Å². The Morgan fingerprint density at radius 1 is 1.12 bits per heavy atom. The van der Waals surface area contributed by atoms with Gasteiger partial charge in [-0.3, -0.25) is 4.79 Å². The number of benzene rings is 1. The van der Waals surface area contributed by atoms with Crippen LogP contribution in [-0.2, 0) is 0 Å². The summed E-state index contributed by atoms with van der Waals surface area (Å²) in [6, 6.07) is 4.11. The molecule has 1 rings (SSSR count). The predicted molar refractivity (Wildman–Crippen MR) is 75.9 cm³/mol. The summed E-state index contributed by atoms with van der Waals surface area (Å²) in [5, 5.41) is 0. The second-order valence-electron chi connectivity index (χ2n) is 4.63. The smallest absolute Gasteiger partial charge is 0.249 e. The summed E-state index contributed by atoms with van der Waals surface area (Å²) < 4.78 is 1.16. The second-order valence-corrected chi connectivity index (χ2v) is 5.88. The number of halogens is 1. The van der Waals surface area contributed by atoms with Crippen LogP contribution < -0.4 is 5.73 Å². The monoisotopic (exact) mass is 331 g/mol. The van der Waals surface area contributed by atoms with Gasteiger partial charge in [-0.25, -0.2) is 0 Å². The molecule has 0 aliphatic rings. The summed E-state index contributed by atoms with van der Waals surface area (Å²) in [6.07, 6.45) is 0. The Kier molecular flexibility index (Phi) is 4.35. The summed E-state index contributed by atoms with van der Waals surface area (Å²) in [7, 11) is 0. The van der Waals surface area contributed by atoms with Crippen molar-refractivity contribution in [1.29, 1.82) is 0 Å². The van der Waals surface area contributed by atoms with Gasteiger partial charge >= 0.3 is 0 Å². The third-order valence-corrected chi connectivity index (χ3v) is 3.28. The molecule has 3 heteroatoms. The molecule has 0 aliphatic heterocycles. The van der Waals surface area contributed by atoms with Gasteiger partial charge in [-0.2, -0.15) is 0 Å². The Balaban J connectivity index is 3.54. The van der Waals surface area contributed by atoms with Crippen LogP contribution in [0.15, 0.2) is 12.1 Å². The van der Waals surface area contributed by atoms with E-state index in [4.69, 9.17) is 5.73 Å². The van der Waals surface area contributed by atoms with Crippen LogP contribution >= 0.6 is 22.6 Å². The molecular formula is C13H18INO. The fourth-order valence-corrected chi connectivity index (χ4v) is 2.52. The summed E-state index contributed by atoms with van der Waals surface area (Å²) in [5.41, 5.74) is 8.33. The van der Waals surface area contributed by atoms with Crippen LogP contribution in [0.4, 0.5) is 0 Å². The van der Waals surface area contributed by atoms with Crippen LogP contribution in [-0.4, -0.2) is 5.91 Å². The van der Waals surface area contributed by atoms with E-state index in [1.807, 2.05) is 0 Å². The SMILES string of the molecule is CC(C)c1cc(I)cc(C(C)C)c1C(N)=O. The number of amides is 1. The molecular weight excluding hydrogens is 313 g/mol. The van der Waals surface area contributed by atoms with Crippen LogP contribution in [0.25, 0.3) is 0 Å². The number of hydrogen-bond donors (Lipinski definition) is 1. The van der Waals surface area contributed by atoms with Crippen molar-refractivity contribution in [3.05, 3.63) is 32.4 Å². The topological polar surface area (TPSA) is 43.1 Å². The van der Waals surface area contributed by atoms with E-state index in [0.29, 0.717) is 17.4 Å². The van der Waals surface area contributed by atoms with Crippen LogP contribution in [0.3, 0.4) is 0 Å². The van der Waals surface area contributed by atoms with Crippen molar-refractivity contribution < 1.29 is 4.79 Å². The van der Waals surface area contributed by atoms with Gasteiger partial charge in [0.1, 0.15) is 0 Å². The first-order chi connectivity index (χ1) is 7.34. The van der Waals surface area contributed by atoms with Crippen molar-refractivity contribution in [3.63, 3.8) is 0 Å². The van der Waals surface area contributed by atoms with Gasteiger partial charge in [0.25, 0.3) is 0 Å². The standard InChI is InChI=1S/C13H18INO/c1-7(2)10-5-9(14)6-11(8(3)4)12(10)13(15)16/h5-8H,1-4H3,(H2,15,16). The van der Waals surface area contributed by atoms with Crippen LogP contribution in [0.2, 0.25) is 0 Å². The number of rotatable bonds is 3. The summed E-state index contributed by atoms with van der Waals surface area (Å²) in [6.45, 7) is 8.34. The molecule has 0 radical (unpaired) electrons. The Morgan fingerprint density at radius 2 is 1.50 bits per heavy atom. The first-order valence-corrected chi connectivity index (χ1v) is 6.55. The molecule has 0 heterocycles. The van der Waals surface area contributed by atoms with Crippen molar-refractivity contribution in [2.45, 2.75) is 39.5 Å². The highest BCUT2D eigenvalue weighted by Crippen LogP contribution is 2.29. The number of carbonyl (C=O) groups is 1. The van der Waals surface area contributed by atoms with Gasteiger partial charge in [0.15, 0.2) is 0 Å². The zero-order chi connectivity index (χ0) is 12.5. The number of hydrogen-bond acceptors (Lipinski definition) is 1. The van der Waals surface area contributed by atoms with E-state index in [0.717, 1.165) is 14.7 Å². The zero-order valence-corrected chi connectivity index (χ0v) is 12.3. The van der Waals surface area contributed by atoms with Crippen molar-refractivity contribution in [3.8, 4) is 0 Å². The average molecular weight is 331 g/mol. The number of primary amides is 1. The fraction of sp³-hybridized carbons (Fsp3) is 0.462. The van der Waals surface area contributed by atoms with Crippen molar-refractivity contribution in [2.24, 2.45) is 5.73 Å². The van der Waals surface area contributed by atoms with Crippen molar-refractivity contribution >= 4 is 28.5 Å². The minimum absolute atomic E-state index is 0.315. The molecule has 0 saturated heterocycles. The highest BCUT2D eigenvalue weighted by Gasteiger charge is 2.18. The zero-order valence-electron chi connectivity index (χ0n) is 10.2. The van der Waals surface area contributed by atoms with Gasteiger partial charge < -0.3 is 5.73 Å². The summed E-state index contributed by atoms with van der Waals surface area (Å²) in [5.74, 6) is 0.313. The molecule has 0 atom stereocenters. The van der Waals surface area contributed by atoms with E-state index >= 15 is 0 Å². The molecule has 1 amide bonds. The lowest BCUT2D eigenvalue weighted by molar-refractivity contribution is 0.0998. The molecule has 0 unspecified atom stereocenters. The van der Waals surface area contributed by atoms with Crippen LogP contribution in [0, 0.1) is 3.57 Å². The first kappa shape index (κ1) is 13.5. The maximum absolute atomic E-state index is 11.6. The Labute approximate surface area is 111 Å². The molecule has 0 aliphatic carbocycles. The fourth-order valence-electron chi connectivity index (χ4n) is 1.84. The number of nitrogens with two attached hydrogens (primary N) is 1. The van der Waals surface area contributed by atoms with Gasteiger partial charge in [-0.1, -0.05) is 27.7 Å². The first-order valence-electron chi connectivity index (χ1n) is 5.47. The van der Waals surface area contributed by atoms with E-state index in [1.54, 1.807) is 0 Å². The largest absolute Gasteiger partial charge is 0.366 e. The molecule has 88 valence electrons. The molecule has 2 nitrogen and oxygen atoms in total. The quantitative estimate of drug-likeness (QED) is 0.845. The van der Waals surface area contributed by atoms with Crippen LogP contribution in [0.1, 0.15) is 61.0 Å². The minimum Gasteiger partial charge on any atom is -0.366 e. The van der Waals surface area contributed by atoms with Gasteiger partial charge in [0.05, 0.1) is 0 Å². The van der Waals surface area contributed by atoms with E-state index < -0.39 is 0 Å². The van der Waals surface area contributed by atoms with Gasteiger partial charge in [-0.15, -0.1) is 0 Å². The summed E-state index contributed by atoms with van der Waals surface area (Å²) >= 11 is 2.29. The Bertz CT molecular complexity index is 381. The lowest BCUT2D eigenvalue weighted by Gasteiger charge is -2.18. The highest BCUT2D eigenvalue weighted by molar-refractivity contribution is 14.1. The van der Waals surface area contributed by atoms with E-state index in [1.165, 1.54) is 0 Å². The Morgan fingerprint density at radius 3 is 1.75 bits per heavy atom. The minimum atomic E-state index is -0.316. The molecule has 0 spiro atoms. The van der Waals surface area contributed by atoms with Gasteiger partial charge in [-0.05, 0) is 57.7 Å². The molecule has 16 heavy (non-hydrogen) atoms. The molecule has 0 fully saturated rings. The van der Waals surface area contributed by atoms with Crippen molar-refractivity contribution in [1.82, 2.24) is 0 Å². The molecule has 0 aromatic heterocycles. The molecule has 2 N–H and O–H groups in total. The normalized spacial score (nSPS) is 11.2. The molecule has 1 aromatic carbocycles. The van der Waals surface area contributed by atoms with E-state index in [2.05, 4.69) is 62.4 Å². The highest BCUT2D eigenvalue weighted by atomic mass is 127. The van der Waals surface area contributed by atoms with E-state index in [-0.39, 0.29) is 5.91 Å². The maximum Gasteiger partial charge on any atom is 0.249 e. The average Bonchev–Trinajstić information content (AvgIpc) is 2.15. The molecule has 1 aromatic rings. The number of carbonyl (C=O) groups excluding carboxylic acids is 1. The predicted octanol–water partition coefficient (Wildman–Crippen LogP) is 3.64. The van der Waals surface area contributed by atoms with Crippen molar-refractivity contribution in [2.75, 3.05) is 0 Å². The third kappa shape index (κ3) is 2.75. The van der Waals surface area contributed by atoms with Gasteiger partial charge in [0, 0.05) is 9.13 Å². The molecule has 0 saturated carbocycles. The Hall–Kier alpha value is -0.580. The molecule has 0 bridgehead atoms. The lowest BCUT2D eigenvalue weighted by atomic mass is 9.88. The maximum atomic E-state index is 11.6. The summed E-state index contributed by atoms with van der Waals surface area (Å²) in [4.78, 5) is 11.6. The van der Waals surface area contributed by atoms with E-state index in [9.17, 15) is 4.79 Å². The second kappa shape index (κ2) is 5.17. The third-order valence-electron chi connectivity index (χ3n) is 2.65.